The van der Waals surface area contributed by atoms with Crippen molar-refractivity contribution in [3.8, 4) is 0 Å². The van der Waals surface area contributed by atoms with Gasteiger partial charge in [-0.2, -0.15) is 28.5 Å². The molecular weight excluding hydrogens is 210 g/mol. The van der Waals surface area contributed by atoms with Crippen molar-refractivity contribution in [3.05, 3.63) is 0 Å². The summed E-state index contributed by atoms with van der Waals surface area (Å²) in [5.41, 5.74) is 0. The Morgan fingerprint density at radius 2 is 2.50 bits per heavy atom. The van der Waals surface area contributed by atoms with Crippen LogP contribution in [0.3, 0.4) is 0 Å². The van der Waals surface area contributed by atoms with Gasteiger partial charge in [0.2, 0.25) is 6.08 Å². The standard InChI is InChI=1S/C7H11NOS3/c9-5-8-6-11-4-7-3-10-1-2-12-7/h7H,1-4,6H2. The van der Waals surface area contributed by atoms with E-state index >= 15 is 0 Å². The van der Waals surface area contributed by atoms with E-state index in [2.05, 4.69) is 4.99 Å². The minimum absolute atomic E-state index is 0.575. The van der Waals surface area contributed by atoms with Gasteiger partial charge in [0.15, 0.2) is 0 Å². The lowest BCUT2D eigenvalue weighted by Crippen LogP contribution is -2.16. The van der Waals surface area contributed by atoms with Crippen LogP contribution in [0.1, 0.15) is 0 Å². The third-order valence-corrected chi connectivity index (χ3v) is 5.41. The van der Waals surface area contributed by atoms with Gasteiger partial charge in [-0.25, -0.2) is 4.79 Å². The Labute approximate surface area is 85.3 Å². The molecular formula is C7H11NOS3. The van der Waals surface area contributed by atoms with Gasteiger partial charge in [0.1, 0.15) is 0 Å². The van der Waals surface area contributed by atoms with Crippen molar-refractivity contribution in [1.29, 1.82) is 0 Å². The van der Waals surface area contributed by atoms with Gasteiger partial charge in [0.25, 0.3) is 0 Å². The number of carbonyl (C=O) groups excluding carboxylic acids is 1. The highest BCUT2D eigenvalue weighted by Gasteiger charge is 2.13. The average Bonchev–Trinajstić information content (AvgIpc) is 2.14. The first-order valence-corrected chi connectivity index (χ1v) is 7.10. The monoisotopic (exact) mass is 221 g/mol. The molecule has 1 heterocycles. The summed E-state index contributed by atoms with van der Waals surface area (Å²) >= 11 is 5.79. The number of hydrogen-bond donors (Lipinski definition) is 0. The Morgan fingerprint density at radius 1 is 1.58 bits per heavy atom. The van der Waals surface area contributed by atoms with E-state index in [1.165, 1.54) is 17.3 Å². The summed E-state index contributed by atoms with van der Waals surface area (Å²) in [5, 5.41) is 0.760. The second-order valence-electron chi connectivity index (χ2n) is 2.32. The molecule has 1 aliphatic heterocycles. The van der Waals surface area contributed by atoms with Gasteiger partial charge in [-0.05, 0) is 0 Å². The second kappa shape index (κ2) is 6.89. The van der Waals surface area contributed by atoms with E-state index in [0.29, 0.717) is 5.88 Å². The third-order valence-electron chi connectivity index (χ3n) is 1.41. The number of nitrogens with zero attached hydrogens (tertiary/aromatic N) is 1. The normalized spacial score (nSPS) is 23.2. The number of isocyanates is 1. The van der Waals surface area contributed by atoms with Crippen LogP contribution in [0.4, 0.5) is 0 Å². The smallest absolute Gasteiger partial charge is 0.211 e. The predicted molar refractivity (Wildman–Crippen MR) is 59.0 cm³/mol. The third kappa shape index (κ3) is 4.45. The van der Waals surface area contributed by atoms with Crippen molar-refractivity contribution >= 4 is 41.4 Å². The Bertz CT molecular complexity index is 164. The van der Waals surface area contributed by atoms with Crippen LogP contribution in [0.5, 0.6) is 0 Å². The van der Waals surface area contributed by atoms with Crippen LogP contribution in [0, 0.1) is 0 Å². The Balaban J connectivity index is 2.01. The van der Waals surface area contributed by atoms with Crippen molar-refractivity contribution in [2.24, 2.45) is 4.99 Å². The minimum Gasteiger partial charge on any atom is -0.211 e. The van der Waals surface area contributed by atoms with Crippen LogP contribution in [0.2, 0.25) is 0 Å². The Kier molecular flexibility index (Phi) is 6.04. The number of aliphatic imine (C=N–C) groups is 1. The van der Waals surface area contributed by atoms with E-state index in [1.54, 1.807) is 17.8 Å². The van der Waals surface area contributed by atoms with Crippen LogP contribution in [-0.4, -0.2) is 40.2 Å². The molecule has 1 saturated heterocycles. The molecule has 0 spiro atoms. The summed E-state index contributed by atoms with van der Waals surface area (Å²) in [4.78, 5) is 13.2. The summed E-state index contributed by atoms with van der Waals surface area (Å²) in [7, 11) is 0. The van der Waals surface area contributed by atoms with Crippen molar-refractivity contribution in [3.63, 3.8) is 0 Å². The second-order valence-corrected chi connectivity index (χ2v) is 5.87. The molecule has 12 heavy (non-hydrogen) atoms. The Hall–Kier alpha value is 0.430. The van der Waals surface area contributed by atoms with Crippen molar-refractivity contribution in [2.45, 2.75) is 5.25 Å². The average molecular weight is 221 g/mol. The number of hydrogen-bond acceptors (Lipinski definition) is 5. The molecule has 1 unspecified atom stereocenters. The van der Waals surface area contributed by atoms with Crippen LogP contribution in [0.25, 0.3) is 0 Å². The van der Waals surface area contributed by atoms with Gasteiger partial charge >= 0.3 is 0 Å². The van der Waals surface area contributed by atoms with Crippen molar-refractivity contribution in [1.82, 2.24) is 0 Å². The fraction of sp³-hybridized carbons (Fsp3) is 0.857. The zero-order valence-corrected chi connectivity index (χ0v) is 9.14. The zero-order valence-electron chi connectivity index (χ0n) is 6.69. The number of rotatable bonds is 4. The highest BCUT2D eigenvalue weighted by Crippen LogP contribution is 2.26. The fourth-order valence-corrected chi connectivity index (χ4v) is 4.75. The van der Waals surface area contributed by atoms with Crippen LogP contribution < -0.4 is 0 Å². The van der Waals surface area contributed by atoms with Gasteiger partial charge < -0.3 is 0 Å². The fourth-order valence-electron chi connectivity index (χ4n) is 0.889. The molecule has 0 N–H and O–H groups in total. The SMILES string of the molecule is O=C=NCSCC1CSCCS1. The van der Waals surface area contributed by atoms with E-state index in [1.807, 2.05) is 23.5 Å². The first-order valence-electron chi connectivity index (χ1n) is 3.74. The molecule has 5 heteroatoms. The summed E-state index contributed by atoms with van der Waals surface area (Å²) in [6.07, 6.45) is 1.55. The lowest BCUT2D eigenvalue weighted by molar-refractivity contribution is 0.564. The van der Waals surface area contributed by atoms with Gasteiger partial charge in [-0.1, -0.05) is 0 Å². The molecule has 0 saturated carbocycles. The molecule has 0 aromatic heterocycles. The maximum Gasteiger partial charge on any atom is 0.235 e. The van der Waals surface area contributed by atoms with Gasteiger partial charge in [0, 0.05) is 28.3 Å². The topological polar surface area (TPSA) is 29.4 Å². The van der Waals surface area contributed by atoms with Gasteiger partial charge in [-0.3, -0.25) is 0 Å². The van der Waals surface area contributed by atoms with Crippen molar-refractivity contribution in [2.75, 3.05) is 28.9 Å². The molecule has 0 aliphatic carbocycles. The Morgan fingerprint density at radius 3 is 3.17 bits per heavy atom. The van der Waals surface area contributed by atoms with Gasteiger partial charge in [-0.15, -0.1) is 11.8 Å². The molecule has 0 aromatic rings. The molecule has 0 aromatic carbocycles. The lowest BCUT2D eigenvalue weighted by Gasteiger charge is -2.19. The molecule has 0 radical (unpaired) electrons. The lowest BCUT2D eigenvalue weighted by atomic mass is 10.5. The molecule has 0 amide bonds. The maximum absolute atomic E-state index is 9.74. The summed E-state index contributed by atoms with van der Waals surface area (Å²) < 4.78 is 0. The van der Waals surface area contributed by atoms with E-state index in [4.69, 9.17) is 0 Å². The van der Waals surface area contributed by atoms with Crippen LogP contribution in [-0.2, 0) is 4.79 Å². The highest BCUT2D eigenvalue weighted by atomic mass is 32.2. The minimum atomic E-state index is 0.575. The first-order chi connectivity index (χ1) is 5.93. The van der Waals surface area contributed by atoms with Crippen LogP contribution in [0.15, 0.2) is 4.99 Å². The molecule has 0 bridgehead atoms. The van der Waals surface area contributed by atoms with Gasteiger partial charge in [0.05, 0.1) is 5.88 Å². The predicted octanol–water partition coefficient (Wildman–Crippen LogP) is 1.86. The highest BCUT2D eigenvalue weighted by molar-refractivity contribution is 8.07. The van der Waals surface area contributed by atoms with E-state index in [9.17, 15) is 4.79 Å². The zero-order chi connectivity index (χ0) is 8.65. The van der Waals surface area contributed by atoms with E-state index < -0.39 is 0 Å². The first kappa shape index (κ1) is 10.5. The molecule has 1 rings (SSSR count). The molecule has 2 nitrogen and oxygen atoms in total. The summed E-state index contributed by atoms with van der Waals surface area (Å²) in [6, 6.07) is 0. The molecule has 1 aliphatic rings. The summed E-state index contributed by atoms with van der Waals surface area (Å²) in [6.45, 7) is 0. The van der Waals surface area contributed by atoms with E-state index in [-0.39, 0.29) is 0 Å². The van der Waals surface area contributed by atoms with E-state index in [0.717, 1.165) is 11.0 Å². The number of thioether (sulfide) groups is 3. The van der Waals surface area contributed by atoms with Crippen molar-refractivity contribution < 1.29 is 4.79 Å². The van der Waals surface area contributed by atoms with Crippen LogP contribution >= 0.6 is 35.3 Å². The summed E-state index contributed by atoms with van der Waals surface area (Å²) in [5.74, 6) is 5.50. The molecule has 1 fully saturated rings. The quantitative estimate of drug-likeness (QED) is 0.412. The molecule has 68 valence electrons. The maximum atomic E-state index is 9.74. The largest absolute Gasteiger partial charge is 0.235 e. The molecule has 1 atom stereocenters.